The van der Waals surface area contributed by atoms with Crippen molar-refractivity contribution in [1.82, 2.24) is 29.0 Å². The van der Waals surface area contributed by atoms with Crippen LogP contribution in [0.3, 0.4) is 0 Å². The number of carbonyl (C=O) groups is 1. The SMILES string of the molecule is CCCCCCCCCCCC(=O)O.CCCc1nn(C)c2c(=O)[nH]c(-c3cc(S(=O)(=O)N4CCN(C)CC4)ccc3OCC)nc12. The number of likely N-dealkylation sites (N-methyl/N-ethyl adjacent to an activating group) is 1. The maximum absolute atomic E-state index is 13.3. The van der Waals surface area contributed by atoms with Gasteiger partial charge in [-0.25, -0.2) is 13.4 Å². The summed E-state index contributed by atoms with van der Waals surface area (Å²) in [6, 6.07) is 4.71. The van der Waals surface area contributed by atoms with Crippen LogP contribution in [0.5, 0.6) is 5.75 Å². The maximum Gasteiger partial charge on any atom is 0.303 e. The van der Waals surface area contributed by atoms with Crippen LogP contribution in [0.4, 0.5) is 0 Å². The number of benzene rings is 1. The highest BCUT2D eigenvalue weighted by atomic mass is 32.2. The number of aryl methyl sites for hydroxylation is 2. The molecule has 0 radical (unpaired) electrons. The van der Waals surface area contributed by atoms with E-state index in [2.05, 4.69) is 21.9 Å². The highest BCUT2D eigenvalue weighted by Gasteiger charge is 2.29. The third-order valence-corrected chi connectivity index (χ3v) is 10.2. The molecule has 262 valence electrons. The number of aliphatic carboxylic acids is 1. The first-order valence-electron chi connectivity index (χ1n) is 17.2. The van der Waals surface area contributed by atoms with E-state index in [4.69, 9.17) is 14.8 Å². The summed E-state index contributed by atoms with van der Waals surface area (Å²) < 4.78 is 35.4. The zero-order chi connectivity index (χ0) is 34.4. The molecule has 2 N–H and O–H groups in total. The van der Waals surface area contributed by atoms with Gasteiger partial charge in [0.1, 0.15) is 17.1 Å². The minimum Gasteiger partial charge on any atom is -0.493 e. The summed E-state index contributed by atoms with van der Waals surface area (Å²) in [4.78, 5) is 32.9. The van der Waals surface area contributed by atoms with Crippen LogP contribution >= 0.6 is 0 Å². The van der Waals surface area contributed by atoms with Crippen LogP contribution in [0.15, 0.2) is 27.9 Å². The van der Waals surface area contributed by atoms with E-state index >= 15 is 0 Å². The number of fused-ring (bicyclic) bond motifs is 1. The number of H-pyrrole nitrogens is 1. The average molecular weight is 675 g/mol. The van der Waals surface area contributed by atoms with E-state index in [9.17, 15) is 18.0 Å². The van der Waals surface area contributed by atoms with Gasteiger partial charge in [0.2, 0.25) is 10.0 Å². The van der Waals surface area contributed by atoms with E-state index in [-0.39, 0.29) is 16.3 Å². The summed E-state index contributed by atoms with van der Waals surface area (Å²) in [7, 11) is -0.00831. The Bertz CT molecular complexity index is 1590. The van der Waals surface area contributed by atoms with Gasteiger partial charge in [-0.2, -0.15) is 9.40 Å². The molecule has 0 spiro atoms. The Hall–Kier alpha value is -3.29. The first-order chi connectivity index (χ1) is 22.5. The standard InChI is InChI=1S/C22H30N6O4S.C12H24O2/c1-5-7-17-19-20(27(4)25-17)22(29)24-21(23-19)16-14-15(8-9-18(16)32-6-2)33(30,31)28-12-10-26(3)11-13-28;1-2-3-4-5-6-7-8-9-10-11-12(13)14/h8-9,14H,5-7,10-13H2,1-4H3,(H,23,24,29);2-11H2,1H3,(H,13,14). The zero-order valence-electron chi connectivity index (χ0n) is 28.9. The lowest BCUT2D eigenvalue weighted by Gasteiger charge is -2.31. The van der Waals surface area contributed by atoms with Gasteiger partial charge in [-0.1, -0.05) is 71.6 Å². The van der Waals surface area contributed by atoms with Crippen molar-refractivity contribution in [1.29, 1.82) is 0 Å². The quantitative estimate of drug-likeness (QED) is 0.174. The molecule has 0 atom stereocenters. The zero-order valence-corrected chi connectivity index (χ0v) is 29.7. The van der Waals surface area contributed by atoms with Gasteiger partial charge in [-0.15, -0.1) is 0 Å². The third kappa shape index (κ3) is 10.9. The Morgan fingerprint density at radius 3 is 2.17 bits per heavy atom. The van der Waals surface area contributed by atoms with Gasteiger partial charge >= 0.3 is 5.97 Å². The monoisotopic (exact) mass is 674 g/mol. The van der Waals surface area contributed by atoms with Crippen molar-refractivity contribution in [2.75, 3.05) is 39.8 Å². The fourth-order valence-electron chi connectivity index (χ4n) is 5.68. The van der Waals surface area contributed by atoms with Crippen molar-refractivity contribution in [2.45, 2.75) is 103 Å². The normalized spacial score (nSPS) is 14.2. The largest absolute Gasteiger partial charge is 0.493 e. The number of sulfonamides is 1. The van der Waals surface area contributed by atoms with E-state index in [1.807, 2.05) is 20.9 Å². The average Bonchev–Trinajstić information content (AvgIpc) is 3.36. The number of rotatable bonds is 17. The smallest absolute Gasteiger partial charge is 0.303 e. The fourth-order valence-corrected chi connectivity index (χ4v) is 7.13. The second-order valence-corrected chi connectivity index (χ2v) is 14.1. The summed E-state index contributed by atoms with van der Waals surface area (Å²) >= 11 is 0. The number of hydrogen-bond acceptors (Lipinski definition) is 8. The molecule has 2 aromatic heterocycles. The Labute approximate surface area is 279 Å². The first-order valence-corrected chi connectivity index (χ1v) is 18.6. The lowest BCUT2D eigenvalue weighted by Crippen LogP contribution is -2.47. The number of nitrogens with zero attached hydrogens (tertiary/aromatic N) is 5. The Balaban J connectivity index is 0.000000363. The molecule has 47 heavy (non-hydrogen) atoms. The van der Waals surface area contributed by atoms with Crippen LogP contribution in [0.2, 0.25) is 0 Å². The van der Waals surface area contributed by atoms with Crippen LogP contribution in [0.25, 0.3) is 22.4 Å². The molecule has 1 aromatic carbocycles. The predicted molar refractivity (Wildman–Crippen MR) is 185 cm³/mol. The second-order valence-electron chi connectivity index (χ2n) is 12.2. The van der Waals surface area contributed by atoms with Gasteiger partial charge in [0.15, 0.2) is 5.52 Å². The van der Waals surface area contributed by atoms with Crippen LogP contribution in [0.1, 0.15) is 97.1 Å². The Morgan fingerprint density at radius 2 is 1.57 bits per heavy atom. The van der Waals surface area contributed by atoms with Crippen molar-refractivity contribution in [2.24, 2.45) is 7.05 Å². The van der Waals surface area contributed by atoms with E-state index in [1.165, 1.54) is 53.9 Å². The summed E-state index contributed by atoms with van der Waals surface area (Å²) in [6.45, 7) is 8.71. The molecule has 1 aliphatic rings. The maximum atomic E-state index is 13.3. The molecule has 0 unspecified atom stereocenters. The first kappa shape index (κ1) is 38.2. The number of hydrogen-bond donors (Lipinski definition) is 2. The molecule has 1 aliphatic heterocycles. The molecular weight excluding hydrogens is 620 g/mol. The van der Waals surface area contributed by atoms with Crippen molar-refractivity contribution in [3.05, 3.63) is 34.2 Å². The highest BCUT2D eigenvalue weighted by Crippen LogP contribution is 2.32. The van der Waals surface area contributed by atoms with Crippen molar-refractivity contribution >= 4 is 27.0 Å². The summed E-state index contributed by atoms with van der Waals surface area (Å²) in [5.74, 6) is 0.0583. The molecule has 1 saturated heterocycles. The molecule has 4 rings (SSSR count). The van der Waals surface area contributed by atoms with Gasteiger partial charge in [-0.3, -0.25) is 14.3 Å². The number of carboxylic acid groups (broad SMARTS) is 1. The molecule has 0 amide bonds. The molecule has 12 nitrogen and oxygen atoms in total. The van der Waals surface area contributed by atoms with Crippen LogP contribution in [0, 0.1) is 0 Å². The highest BCUT2D eigenvalue weighted by molar-refractivity contribution is 7.89. The van der Waals surface area contributed by atoms with Gasteiger partial charge in [-0.05, 0) is 45.0 Å². The third-order valence-electron chi connectivity index (χ3n) is 8.35. The number of aromatic nitrogens is 4. The summed E-state index contributed by atoms with van der Waals surface area (Å²) in [5, 5.41) is 12.9. The van der Waals surface area contributed by atoms with Crippen LogP contribution in [-0.2, 0) is 28.3 Å². The Morgan fingerprint density at radius 1 is 0.936 bits per heavy atom. The number of nitrogens with one attached hydrogen (secondary N) is 1. The van der Waals surface area contributed by atoms with Gasteiger partial charge in [0.05, 0.1) is 22.8 Å². The van der Waals surface area contributed by atoms with Crippen molar-refractivity contribution in [3.63, 3.8) is 0 Å². The molecular formula is C34H54N6O6S. The predicted octanol–water partition coefficient (Wildman–Crippen LogP) is 5.60. The van der Waals surface area contributed by atoms with Crippen molar-refractivity contribution in [3.8, 4) is 17.1 Å². The van der Waals surface area contributed by atoms with Gasteiger partial charge in [0.25, 0.3) is 5.56 Å². The Kier molecular flexibility index (Phi) is 15.3. The van der Waals surface area contributed by atoms with Gasteiger partial charge in [0, 0.05) is 39.6 Å². The van der Waals surface area contributed by atoms with Crippen molar-refractivity contribution < 1.29 is 23.1 Å². The second kappa shape index (κ2) is 18.9. The molecule has 3 aromatic rings. The minimum atomic E-state index is -3.70. The lowest BCUT2D eigenvalue weighted by molar-refractivity contribution is -0.137. The molecule has 13 heteroatoms. The van der Waals surface area contributed by atoms with Crippen LogP contribution in [-0.4, -0.2) is 88.3 Å². The molecule has 1 fully saturated rings. The molecule has 0 saturated carbocycles. The van der Waals surface area contributed by atoms with Crippen LogP contribution < -0.4 is 10.3 Å². The summed E-state index contributed by atoms with van der Waals surface area (Å²) in [5.41, 5.74) is 1.75. The number of ether oxygens (including phenoxy) is 1. The molecule has 0 bridgehead atoms. The number of piperazine rings is 1. The fraction of sp³-hybridized carbons (Fsp3) is 0.647. The number of aromatic amines is 1. The topological polar surface area (TPSA) is 151 Å². The molecule has 0 aliphatic carbocycles. The number of unbranched alkanes of at least 4 members (excludes halogenated alkanes) is 8. The van der Waals surface area contributed by atoms with E-state index in [1.54, 1.807) is 25.2 Å². The lowest BCUT2D eigenvalue weighted by atomic mass is 10.1. The van der Waals surface area contributed by atoms with E-state index < -0.39 is 16.0 Å². The summed E-state index contributed by atoms with van der Waals surface area (Å²) in [6.07, 6.45) is 13.0. The van der Waals surface area contributed by atoms with E-state index in [0.717, 1.165) is 25.0 Å². The molecule has 3 heterocycles. The minimum absolute atomic E-state index is 0.147. The number of carboxylic acids is 1. The van der Waals surface area contributed by atoms with Gasteiger partial charge < -0.3 is 19.7 Å². The van der Waals surface area contributed by atoms with E-state index in [0.29, 0.717) is 68.0 Å².